The highest BCUT2D eigenvalue weighted by Crippen LogP contribution is 2.46. The number of nitrogen functional groups attached to an aromatic ring is 1. The molecule has 20 heavy (non-hydrogen) atoms. The van der Waals surface area contributed by atoms with Crippen LogP contribution in [0.15, 0.2) is 30.3 Å². The molecule has 0 bridgehead atoms. The van der Waals surface area contributed by atoms with Gasteiger partial charge < -0.3 is 10.2 Å². The van der Waals surface area contributed by atoms with Gasteiger partial charge >= 0.3 is 11.9 Å². The summed E-state index contributed by atoms with van der Waals surface area (Å²) >= 11 is 0. The first-order valence-electron chi connectivity index (χ1n) is 6.86. The summed E-state index contributed by atoms with van der Waals surface area (Å²) in [7, 11) is 0. The number of ether oxygens (including phenoxy) is 1. The highest BCUT2D eigenvalue weighted by Gasteiger charge is 2.54. The van der Waals surface area contributed by atoms with Crippen molar-refractivity contribution in [1.29, 1.82) is 0 Å². The van der Waals surface area contributed by atoms with E-state index in [4.69, 9.17) is 5.84 Å². The first-order chi connectivity index (χ1) is 9.58. The number of benzene rings is 1. The van der Waals surface area contributed by atoms with Gasteiger partial charge in [0.15, 0.2) is 0 Å². The molecule has 3 rings (SSSR count). The molecule has 1 saturated heterocycles. The number of nitrogens with two attached hydrogens (primary N) is 1. The van der Waals surface area contributed by atoms with E-state index in [2.05, 4.69) is 10.2 Å². The number of para-hydroxylation sites is 1. The molecule has 0 aromatic heterocycles. The van der Waals surface area contributed by atoms with Crippen molar-refractivity contribution >= 4 is 17.6 Å². The van der Waals surface area contributed by atoms with Crippen molar-refractivity contribution < 1.29 is 14.3 Å². The molecule has 1 aliphatic carbocycles. The van der Waals surface area contributed by atoms with Crippen molar-refractivity contribution in [1.82, 2.24) is 0 Å². The van der Waals surface area contributed by atoms with E-state index in [1.807, 2.05) is 37.3 Å². The molecule has 108 valence electrons. The Labute approximate surface area is 118 Å². The van der Waals surface area contributed by atoms with Crippen LogP contribution in [-0.2, 0) is 14.3 Å². The van der Waals surface area contributed by atoms with Gasteiger partial charge in [-0.3, -0.25) is 15.4 Å². The van der Waals surface area contributed by atoms with Crippen LogP contribution in [-0.4, -0.2) is 11.9 Å². The fraction of sp³-hybridized carbons (Fsp3) is 0.467. The van der Waals surface area contributed by atoms with E-state index in [9.17, 15) is 9.59 Å². The van der Waals surface area contributed by atoms with Crippen LogP contribution in [0.2, 0.25) is 0 Å². The first kappa shape index (κ1) is 14.5. The second-order valence-corrected chi connectivity index (χ2v) is 5.43. The minimum atomic E-state index is -0.491. The maximum atomic E-state index is 11.3. The summed E-state index contributed by atoms with van der Waals surface area (Å²) in [4.78, 5) is 22.5. The lowest BCUT2D eigenvalue weighted by atomic mass is 9.69. The van der Waals surface area contributed by atoms with E-state index in [-0.39, 0.29) is 17.9 Å². The molecule has 3 N–H and O–H groups in total. The molecule has 1 saturated carbocycles. The lowest BCUT2D eigenvalue weighted by Crippen LogP contribution is -2.33. The molecule has 5 heteroatoms. The number of rotatable bonds is 1. The van der Waals surface area contributed by atoms with Crippen molar-refractivity contribution in [3.63, 3.8) is 0 Å². The van der Waals surface area contributed by atoms with Crippen molar-refractivity contribution in [2.75, 3.05) is 5.43 Å². The summed E-state index contributed by atoms with van der Waals surface area (Å²) in [5, 5.41) is 0. The monoisotopic (exact) mass is 276 g/mol. The van der Waals surface area contributed by atoms with Gasteiger partial charge in [0.1, 0.15) is 0 Å². The number of cyclic esters (lactones) is 2. The van der Waals surface area contributed by atoms with Gasteiger partial charge in [0, 0.05) is 5.69 Å². The van der Waals surface area contributed by atoms with E-state index in [0.717, 1.165) is 31.4 Å². The van der Waals surface area contributed by atoms with Crippen LogP contribution in [0.3, 0.4) is 0 Å². The van der Waals surface area contributed by atoms with Crippen LogP contribution in [0.4, 0.5) is 5.69 Å². The Morgan fingerprint density at radius 1 is 1.25 bits per heavy atom. The lowest BCUT2D eigenvalue weighted by Gasteiger charge is -2.29. The molecule has 5 nitrogen and oxygen atoms in total. The van der Waals surface area contributed by atoms with E-state index < -0.39 is 5.41 Å². The smallest absolute Gasteiger partial charge is 0.320 e. The maximum absolute atomic E-state index is 11.3. The molecule has 0 spiro atoms. The Balaban J connectivity index is 0.000000160. The van der Waals surface area contributed by atoms with Gasteiger partial charge in [0.25, 0.3) is 0 Å². The Morgan fingerprint density at radius 3 is 2.50 bits per heavy atom. The number of fused-ring (bicyclic) bond motifs is 1. The predicted molar refractivity (Wildman–Crippen MR) is 75.4 cm³/mol. The molecule has 1 heterocycles. The summed E-state index contributed by atoms with van der Waals surface area (Å²) < 4.78 is 4.63. The summed E-state index contributed by atoms with van der Waals surface area (Å²) in [6.07, 6.45) is 3.71. The number of hydrogen-bond acceptors (Lipinski definition) is 5. The average Bonchev–Trinajstić information content (AvgIpc) is 2.71. The zero-order chi connectivity index (χ0) is 14.6. The SMILES string of the molecule is CC12CCCCC1C(=O)OC2=O.NNc1ccccc1. The van der Waals surface area contributed by atoms with Gasteiger partial charge in [-0.15, -0.1) is 0 Å². The minimum Gasteiger partial charge on any atom is -0.392 e. The predicted octanol–water partition coefficient (Wildman–Crippen LogP) is 2.24. The molecule has 2 fully saturated rings. The topological polar surface area (TPSA) is 81.4 Å². The van der Waals surface area contributed by atoms with Crippen LogP contribution in [0.25, 0.3) is 0 Å². The molecule has 2 aliphatic rings. The van der Waals surface area contributed by atoms with Crippen LogP contribution in [0.5, 0.6) is 0 Å². The molecular weight excluding hydrogens is 256 g/mol. The molecule has 0 radical (unpaired) electrons. The Morgan fingerprint density at radius 2 is 1.95 bits per heavy atom. The normalized spacial score (nSPS) is 28.0. The zero-order valence-electron chi connectivity index (χ0n) is 11.6. The number of hydrogen-bond donors (Lipinski definition) is 2. The van der Waals surface area contributed by atoms with Crippen molar-refractivity contribution in [3.8, 4) is 0 Å². The van der Waals surface area contributed by atoms with Crippen molar-refractivity contribution in [3.05, 3.63) is 30.3 Å². The number of carbonyl (C=O) groups excluding carboxylic acids is 2. The third-order valence-electron chi connectivity index (χ3n) is 4.09. The quantitative estimate of drug-likeness (QED) is 0.356. The summed E-state index contributed by atoms with van der Waals surface area (Å²) in [6.45, 7) is 1.85. The highest BCUT2D eigenvalue weighted by molar-refractivity contribution is 5.99. The Bertz CT molecular complexity index is 489. The number of anilines is 1. The summed E-state index contributed by atoms with van der Waals surface area (Å²) in [5.74, 6) is 4.33. The number of hydrazine groups is 1. The zero-order valence-corrected chi connectivity index (χ0v) is 11.6. The third kappa shape index (κ3) is 2.82. The fourth-order valence-electron chi connectivity index (χ4n) is 2.77. The molecular formula is C15H20N2O3. The van der Waals surface area contributed by atoms with E-state index in [0.29, 0.717) is 0 Å². The number of esters is 2. The van der Waals surface area contributed by atoms with Crippen LogP contribution in [0, 0.1) is 11.3 Å². The fourth-order valence-corrected chi connectivity index (χ4v) is 2.77. The van der Waals surface area contributed by atoms with Gasteiger partial charge in [-0.05, 0) is 31.9 Å². The molecule has 1 aromatic rings. The van der Waals surface area contributed by atoms with Crippen LogP contribution in [0.1, 0.15) is 32.6 Å². The van der Waals surface area contributed by atoms with Crippen molar-refractivity contribution in [2.45, 2.75) is 32.6 Å². The Kier molecular flexibility index (Phi) is 4.39. The van der Waals surface area contributed by atoms with Crippen LogP contribution >= 0.6 is 0 Å². The minimum absolute atomic E-state index is 0.154. The van der Waals surface area contributed by atoms with Crippen molar-refractivity contribution in [2.24, 2.45) is 17.2 Å². The van der Waals surface area contributed by atoms with Gasteiger partial charge in [0.2, 0.25) is 0 Å². The summed E-state index contributed by atoms with van der Waals surface area (Å²) in [5.41, 5.74) is 2.97. The maximum Gasteiger partial charge on any atom is 0.320 e. The van der Waals surface area contributed by atoms with E-state index in [1.165, 1.54) is 0 Å². The number of nitrogens with one attached hydrogen (secondary N) is 1. The lowest BCUT2D eigenvalue weighted by molar-refractivity contribution is -0.155. The summed E-state index contributed by atoms with van der Waals surface area (Å²) in [6, 6.07) is 9.60. The second-order valence-electron chi connectivity index (χ2n) is 5.43. The molecule has 2 unspecified atom stereocenters. The first-order valence-corrected chi connectivity index (χ1v) is 6.86. The van der Waals surface area contributed by atoms with Gasteiger partial charge in [-0.2, -0.15) is 0 Å². The average molecular weight is 276 g/mol. The molecule has 1 aromatic carbocycles. The van der Waals surface area contributed by atoms with Gasteiger partial charge in [-0.1, -0.05) is 31.0 Å². The van der Waals surface area contributed by atoms with Gasteiger partial charge in [-0.25, -0.2) is 0 Å². The van der Waals surface area contributed by atoms with Gasteiger partial charge in [0.05, 0.1) is 11.3 Å². The third-order valence-corrected chi connectivity index (χ3v) is 4.09. The largest absolute Gasteiger partial charge is 0.392 e. The molecule has 0 amide bonds. The molecule has 1 aliphatic heterocycles. The van der Waals surface area contributed by atoms with Crippen LogP contribution < -0.4 is 11.3 Å². The molecule has 2 atom stereocenters. The Hall–Kier alpha value is -1.88. The number of carbonyl (C=O) groups is 2. The highest BCUT2D eigenvalue weighted by atomic mass is 16.6. The van der Waals surface area contributed by atoms with E-state index in [1.54, 1.807) is 0 Å². The standard InChI is InChI=1S/C9H12O3.C6H8N2/c1-9-5-3-2-4-6(9)7(10)12-8(9)11;7-8-6-4-2-1-3-5-6/h6H,2-5H2,1H3;1-5,8H,7H2. The second kappa shape index (κ2) is 6.05. The van der Waals surface area contributed by atoms with E-state index >= 15 is 0 Å².